The highest BCUT2D eigenvalue weighted by Crippen LogP contribution is 2.32. The number of benzene rings is 1. The summed E-state index contributed by atoms with van der Waals surface area (Å²) >= 11 is 0. The van der Waals surface area contributed by atoms with Gasteiger partial charge in [0.2, 0.25) is 6.79 Å². The van der Waals surface area contributed by atoms with Gasteiger partial charge in [-0.1, -0.05) is 0 Å². The Labute approximate surface area is 112 Å². The van der Waals surface area contributed by atoms with E-state index in [9.17, 15) is 4.79 Å². The lowest BCUT2D eigenvalue weighted by molar-refractivity contribution is 0.0951. The molecule has 1 aromatic carbocycles. The van der Waals surface area contributed by atoms with Crippen molar-refractivity contribution in [1.82, 2.24) is 10.2 Å². The lowest BCUT2D eigenvalue weighted by Gasteiger charge is -2.30. The van der Waals surface area contributed by atoms with Gasteiger partial charge in [0, 0.05) is 37.7 Å². The standard InChI is InChI=1S/C14H18N2O3/c1-16-5-4-15-11(8-16)7-12(17)10-2-3-13-14(6-10)19-9-18-13/h2-3,6,11,15H,4-5,7-9H2,1H3. The molecule has 0 spiro atoms. The van der Waals surface area contributed by atoms with Crippen molar-refractivity contribution in [2.24, 2.45) is 0 Å². The molecule has 1 aromatic rings. The number of ketones is 1. The van der Waals surface area contributed by atoms with Crippen LogP contribution in [0.25, 0.3) is 0 Å². The molecule has 2 aliphatic rings. The normalized spacial score (nSPS) is 22.5. The van der Waals surface area contributed by atoms with Crippen LogP contribution in [0.15, 0.2) is 18.2 Å². The van der Waals surface area contributed by atoms with Gasteiger partial charge in [0.05, 0.1) is 0 Å². The molecule has 0 radical (unpaired) electrons. The van der Waals surface area contributed by atoms with Crippen molar-refractivity contribution in [2.75, 3.05) is 33.5 Å². The molecule has 19 heavy (non-hydrogen) atoms. The number of hydrogen-bond donors (Lipinski definition) is 1. The van der Waals surface area contributed by atoms with Crippen LogP contribution in [0.5, 0.6) is 11.5 Å². The number of likely N-dealkylation sites (N-methyl/N-ethyl adjacent to an activating group) is 1. The third-order valence-electron chi connectivity index (χ3n) is 3.58. The van der Waals surface area contributed by atoms with Gasteiger partial charge in [-0.25, -0.2) is 0 Å². The number of rotatable bonds is 3. The molecule has 3 rings (SSSR count). The molecule has 0 amide bonds. The van der Waals surface area contributed by atoms with E-state index in [1.807, 2.05) is 6.07 Å². The first-order valence-electron chi connectivity index (χ1n) is 6.57. The third kappa shape index (κ3) is 2.72. The van der Waals surface area contributed by atoms with Crippen LogP contribution in [0.4, 0.5) is 0 Å². The molecule has 1 atom stereocenters. The van der Waals surface area contributed by atoms with Crippen molar-refractivity contribution in [3.8, 4) is 11.5 Å². The Kier molecular flexibility index (Phi) is 3.40. The molecule has 1 N–H and O–H groups in total. The number of carbonyl (C=O) groups is 1. The minimum Gasteiger partial charge on any atom is -0.454 e. The number of ether oxygens (including phenoxy) is 2. The van der Waals surface area contributed by atoms with E-state index in [1.165, 1.54) is 0 Å². The van der Waals surface area contributed by atoms with Crippen molar-refractivity contribution < 1.29 is 14.3 Å². The highest BCUT2D eigenvalue weighted by atomic mass is 16.7. The topological polar surface area (TPSA) is 50.8 Å². The molecule has 5 nitrogen and oxygen atoms in total. The molecule has 102 valence electrons. The van der Waals surface area contributed by atoms with E-state index in [-0.39, 0.29) is 18.6 Å². The van der Waals surface area contributed by atoms with E-state index in [0.717, 1.165) is 19.6 Å². The zero-order valence-corrected chi connectivity index (χ0v) is 11.0. The van der Waals surface area contributed by atoms with Crippen LogP contribution in [0.1, 0.15) is 16.8 Å². The van der Waals surface area contributed by atoms with Gasteiger partial charge < -0.3 is 19.7 Å². The van der Waals surface area contributed by atoms with E-state index in [0.29, 0.717) is 23.5 Å². The fraction of sp³-hybridized carbons (Fsp3) is 0.500. The maximum atomic E-state index is 12.3. The summed E-state index contributed by atoms with van der Waals surface area (Å²) in [6, 6.07) is 5.62. The first-order valence-corrected chi connectivity index (χ1v) is 6.57. The second kappa shape index (κ2) is 5.19. The molecule has 0 saturated carbocycles. The molecule has 2 aliphatic heterocycles. The Bertz CT molecular complexity index is 490. The molecular formula is C14H18N2O3. The maximum absolute atomic E-state index is 12.3. The fourth-order valence-corrected chi connectivity index (χ4v) is 2.54. The predicted molar refractivity (Wildman–Crippen MR) is 70.8 cm³/mol. The predicted octanol–water partition coefficient (Wildman–Crippen LogP) is 0.892. The number of nitrogens with zero attached hydrogens (tertiary/aromatic N) is 1. The van der Waals surface area contributed by atoms with Gasteiger partial charge in [-0.2, -0.15) is 0 Å². The Morgan fingerprint density at radius 2 is 2.26 bits per heavy atom. The Morgan fingerprint density at radius 3 is 3.11 bits per heavy atom. The van der Waals surface area contributed by atoms with E-state index in [4.69, 9.17) is 9.47 Å². The van der Waals surface area contributed by atoms with Gasteiger partial charge in [-0.15, -0.1) is 0 Å². The minimum absolute atomic E-state index is 0.145. The summed E-state index contributed by atoms with van der Waals surface area (Å²) in [6.45, 7) is 3.13. The summed E-state index contributed by atoms with van der Waals surface area (Å²) < 4.78 is 10.5. The Morgan fingerprint density at radius 1 is 1.42 bits per heavy atom. The van der Waals surface area contributed by atoms with Crippen LogP contribution in [-0.2, 0) is 0 Å². The van der Waals surface area contributed by atoms with Gasteiger partial charge >= 0.3 is 0 Å². The van der Waals surface area contributed by atoms with E-state index in [2.05, 4.69) is 17.3 Å². The molecule has 1 saturated heterocycles. The lowest BCUT2D eigenvalue weighted by atomic mass is 10.0. The zero-order chi connectivity index (χ0) is 13.2. The lowest BCUT2D eigenvalue weighted by Crippen LogP contribution is -2.49. The highest BCUT2D eigenvalue weighted by Gasteiger charge is 2.21. The molecule has 2 heterocycles. The molecule has 5 heteroatoms. The second-order valence-corrected chi connectivity index (χ2v) is 5.11. The van der Waals surface area contributed by atoms with E-state index in [1.54, 1.807) is 12.1 Å². The van der Waals surface area contributed by atoms with Crippen molar-refractivity contribution in [3.05, 3.63) is 23.8 Å². The Balaban J connectivity index is 1.67. The van der Waals surface area contributed by atoms with Crippen LogP contribution in [0.3, 0.4) is 0 Å². The number of piperazine rings is 1. The van der Waals surface area contributed by atoms with Crippen molar-refractivity contribution in [3.63, 3.8) is 0 Å². The number of hydrogen-bond acceptors (Lipinski definition) is 5. The van der Waals surface area contributed by atoms with Gasteiger partial charge in [-0.3, -0.25) is 4.79 Å². The quantitative estimate of drug-likeness (QED) is 0.820. The first-order chi connectivity index (χ1) is 9.22. The molecule has 0 aromatic heterocycles. The zero-order valence-electron chi connectivity index (χ0n) is 11.0. The average Bonchev–Trinajstić information content (AvgIpc) is 2.85. The molecule has 0 aliphatic carbocycles. The van der Waals surface area contributed by atoms with Crippen LogP contribution in [0.2, 0.25) is 0 Å². The van der Waals surface area contributed by atoms with Crippen LogP contribution in [0, 0.1) is 0 Å². The third-order valence-corrected chi connectivity index (χ3v) is 3.58. The van der Waals surface area contributed by atoms with Gasteiger partial charge in [0.15, 0.2) is 17.3 Å². The number of fused-ring (bicyclic) bond motifs is 1. The highest BCUT2D eigenvalue weighted by molar-refractivity contribution is 5.97. The smallest absolute Gasteiger partial charge is 0.231 e. The monoisotopic (exact) mass is 262 g/mol. The number of nitrogens with one attached hydrogen (secondary N) is 1. The molecular weight excluding hydrogens is 244 g/mol. The van der Waals surface area contributed by atoms with E-state index < -0.39 is 0 Å². The molecule has 1 fully saturated rings. The summed E-state index contributed by atoms with van der Waals surface area (Å²) in [5.74, 6) is 1.53. The van der Waals surface area contributed by atoms with E-state index >= 15 is 0 Å². The largest absolute Gasteiger partial charge is 0.454 e. The van der Waals surface area contributed by atoms with Gasteiger partial charge in [0.25, 0.3) is 0 Å². The van der Waals surface area contributed by atoms with Crippen molar-refractivity contribution in [1.29, 1.82) is 0 Å². The van der Waals surface area contributed by atoms with Crippen molar-refractivity contribution in [2.45, 2.75) is 12.5 Å². The SMILES string of the molecule is CN1CCNC(CC(=O)c2ccc3c(c2)OCO3)C1. The minimum atomic E-state index is 0.145. The van der Waals surface area contributed by atoms with Gasteiger partial charge in [-0.05, 0) is 25.2 Å². The summed E-state index contributed by atoms with van der Waals surface area (Å²) in [4.78, 5) is 14.5. The Hall–Kier alpha value is -1.59. The van der Waals surface area contributed by atoms with Crippen LogP contribution >= 0.6 is 0 Å². The summed E-state index contributed by atoms with van der Waals surface area (Å²) in [5, 5.41) is 3.38. The first kappa shape index (κ1) is 12.4. The molecule has 1 unspecified atom stereocenters. The summed E-state index contributed by atoms with van der Waals surface area (Å²) in [7, 11) is 2.08. The fourth-order valence-electron chi connectivity index (χ4n) is 2.54. The summed E-state index contributed by atoms with van der Waals surface area (Å²) in [6.07, 6.45) is 0.518. The second-order valence-electron chi connectivity index (χ2n) is 5.11. The van der Waals surface area contributed by atoms with Crippen LogP contribution < -0.4 is 14.8 Å². The molecule has 0 bridgehead atoms. The maximum Gasteiger partial charge on any atom is 0.231 e. The van der Waals surface area contributed by atoms with Crippen LogP contribution in [-0.4, -0.2) is 50.2 Å². The summed E-state index contributed by atoms with van der Waals surface area (Å²) in [5.41, 5.74) is 0.694. The average molecular weight is 262 g/mol. The number of Topliss-reactive ketones (excluding diaryl/α,β-unsaturated/α-hetero) is 1. The van der Waals surface area contributed by atoms with Crippen molar-refractivity contribution >= 4 is 5.78 Å². The number of carbonyl (C=O) groups excluding carboxylic acids is 1. The van der Waals surface area contributed by atoms with Gasteiger partial charge in [0.1, 0.15) is 0 Å².